The van der Waals surface area contributed by atoms with E-state index in [-0.39, 0.29) is 11.9 Å². The zero-order chi connectivity index (χ0) is 15.8. The molecule has 120 valence electrons. The smallest absolute Gasteiger partial charge is 0.280 e. The zero-order valence-electron chi connectivity index (χ0n) is 12.9. The molecule has 1 amide bonds. The second kappa shape index (κ2) is 6.26. The van der Waals surface area contributed by atoms with Crippen molar-refractivity contribution >= 4 is 29.0 Å². The number of benzene rings is 1. The summed E-state index contributed by atoms with van der Waals surface area (Å²) < 4.78 is 1.05. The molecule has 0 aliphatic carbocycles. The van der Waals surface area contributed by atoms with Crippen LogP contribution < -0.4 is 10.6 Å². The third kappa shape index (κ3) is 3.29. The van der Waals surface area contributed by atoms with Crippen molar-refractivity contribution in [2.24, 2.45) is 0 Å². The van der Waals surface area contributed by atoms with Crippen molar-refractivity contribution in [2.75, 3.05) is 0 Å². The van der Waals surface area contributed by atoms with E-state index in [9.17, 15) is 4.79 Å². The highest BCUT2D eigenvalue weighted by molar-refractivity contribution is 8.01. The summed E-state index contributed by atoms with van der Waals surface area (Å²) >= 11 is 3.12. The van der Waals surface area contributed by atoms with Crippen LogP contribution in [0.15, 0.2) is 39.6 Å². The minimum atomic E-state index is -0.0366. The fourth-order valence-electron chi connectivity index (χ4n) is 3.42. The van der Waals surface area contributed by atoms with Gasteiger partial charge < -0.3 is 10.6 Å². The first-order valence-electron chi connectivity index (χ1n) is 7.94. The molecule has 2 N–H and O–H groups in total. The van der Waals surface area contributed by atoms with Gasteiger partial charge in [0.1, 0.15) is 0 Å². The second-order valence-electron chi connectivity index (χ2n) is 6.27. The maximum atomic E-state index is 12.4. The van der Waals surface area contributed by atoms with Gasteiger partial charge in [-0.25, -0.2) is 4.98 Å². The van der Waals surface area contributed by atoms with E-state index in [4.69, 9.17) is 0 Å². The van der Waals surface area contributed by atoms with Gasteiger partial charge in [-0.1, -0.05) is 29.5 Å². The largest absolute Gasteiger partial charge is 0.346 e. The molecule has 4 nitrogen and oxygen atoms in total. The Morgan fingerprint density at radius 2 is 2.35 bits per heavy atom. The first kappa shape index (κ1) is 15.2. The second-order valence-corrected chi connectivity index (χ2v) is 8.67. The average molecular weight is 345 g/mol. The Bertz CT molecular complexity index is 730. The SMILES string of the molecule is Cc1cccc(Sc2cnc(C(=O)N[C@@H]3C[C@H]4CC[C@@H]3N4)s2)c1. The highest BCUT2D eigenvalue weighted by Crippen LogP contribution is 2.33. The van der Waals surface area contributed by atoms with Gasteiger partial charge in [-0.05, 0) is 38.3 Å². The maximum absolute atomic E-state index is 12.4. The van der Waals surface area contributed by atoms with Crippen LogP contribution in [0.5, 0.6) is 0 Å². The van der Waals surface area contributed by atoms with Crippen LogP contribution in [0.2, 0.25) is 0 Å². The van der Waals surface area contributed by atoms with Crippen molar-refractivity contribution in [2.45, 2.75) is 53.4 Å². The predicted molar refractivity (Wildman–Crippen MR) is 93.2 cm³/mol. The van der Waals surface area contributed by atoms with Crippen LogP contribution in [-0.4, -0.2) is 29.0 Å². The molecule has 2 aliphatic heterocycles. The molecule has 2 saturated heterocycles. The van der Waals surface area contributed by atoms with E-state index in [0.29, 0.717) is 17.1 Å². The molecule has 1 aromatic carbocycles. The number of nitrogens with zero attached hydrogens (tertiary/aromatic N) is 1. The molecule has 1 aromatic heterocycles. The molecule has 6 heteroatoms. The van der Waals surface area contributed by atoms with E-state index >= 15 is 0 Å². The molecule has 0 unspecified atom stereocenters. The van der Waals surface area contributed by atoms with E-state index in [2.05, 4.69) is 46.8 Å². The number of nitrogens with one attached hydrogen (secondary N) is 2. The number of aryl methyl sites for hydroxylation is 1. The van der Waals surface area contributed by atoms with Crippen molar-refractivity contribution in [3.63, 3.8) is 0 Å². The summed E-state index contributed by atoms with van der Waals surface area (Å²) in [6.07, 6.45) is 5.26. The Hall–Kier alpha value is -1.37. The molecule has 2 bridgehead atoms. The molecule has 2 aromatic rings. The van der Waals surface area contributed by atoms with Crippen LogP contribution in [0.3, 0.4) is 0 Å². The van der Waals surface area contributed by atoms with Crippen molar-refractivity contribution in [1.82, 2.24) is 15.6 Å². The van der Waals surface area contributed by atoms with Gasteiger partial charge in [0.2, 0.25) is 0 Å². The van der Waals surface area contributed by atoms with E-state index in [1.165, 1.54) is 34.6 Å². The Morgan fingerprint density at radius 1 is 1.43 bits per heavy atom. The monoisotopic (exact) mass is 345 g/mol. The summed E-state index contributed by atoms with van der Waals surface area (Å²) in [6.45, 7) is 2.08. The fourth-order valence-corrected chi connectivity index (χ4v) is 5.39. The molecule has 2 aliphatic rings. The highest BCUT2D eigenvalue weighted by Gasteiger charge is 2.39. The number of rotatable bonds is 4. The predicted octanol–water partition coefficient (Wildman–Crippen LogP) is 3.23. The van der Waals surface area contributed by atoms with Crippen LogP contribution in [0.4, 0.5) is 0 Å². The van der Waals surface area contributed by atoms with Crippen LogP contribution in [-0.2, 0) is 0 Å². The lowest BCUT2D eigenvalue weighted by molar-refractivity contribution is 0.0930. The summed E-state index contributed by atoms with van der Waals surface area (Å²) in [7, 11) is 0. The molecule has 3 heterocycles. The summed E-state index contributed by atoms with van der Waals surface area (Å²) in [5.41, 5.74) is 1.24. The molecule has 23 heavy (non-hydrogen) atoms. The number of aromatic nitrogens is 1. The number of amides is 1. The Kier molecular flexibility index (Phi) is 4.13. The minimum absolute atomic E-state index is 0.0366. The zero-order valence-corrected chi connectivity index (χ0v) is 14.5. The lowest BCUT2D eigenvalue weighted by Gasteiger charge is -2.20. The number of thiazole rings is 1. The van der Waals surface area contributed by atoms with E-state index in [0.717, 1.165) is 10.6 Å². The molecule has 2 fully saturated rings. The van der Waals surface area contributed by atoms with Crippen LogP contribution in [0.25, 0.3) is 0 Å². The van der Waals surface area contributed by atoms with Gasteiger partial charge in [-0.15, -0.1) is 11.3 Å². The maximum Gasteiger partial charge on any atom is 0.280 e. The van der Waals surface area contributed by atoms with E-state index < -0.39 is 0 Å². The van der Waals surface area contributed by atoms with Crippen LogP contribution in [0.1, 0.15) is 34.6 Å². The van der Waals surface area contributed by atoms with Crippen molar-refractivity contribution in [3.8, 4) is 0 Å². The topological polar surface area (TPSA) is 54.0 Å². The number of carbonyl (C=O) groups is 1. The quantitative estimate of drug-likeness (QED) is 0.893. The van der Waals surface area contributed by atoms with Crippen LogP contribution >= 0.6 is 23.1 Å². The Labute approximate surface area is 144 Å². The third-order valence-corrected chi connectivity index (χ3v) is 6.59. The molecular weight excluding hydrogens is 326 g/mol. The van der Waals surface area contributed by atoms with Gasteiger partial charge in [0, 0.05) is 23.0 Å². The molecule has 0 saturated carbocycles. The van der Waals surface area contributed by atoms with Gasteiger partial charge in [0.15, 0.2) is 5.01 Å². The lowest BCUT2D eigenvalue weighted by Crippen LogP contribution is -2.42. The van der Waals surface area contributed by atoms with E-state index in [1.54, 1.807) is 18.0 Å². The number of hydrogen-bond donors (Lipinski definition) is 2. The number of hydrogen-bond acceptors (Lipinski definition) is 5. The summed E-state index contributed by atoms with van der Waals surface area (Å²) in [5.74, 6) is -0.0366. The first-order chi connectivity index (χ1) is 11.2. The van der Waals surface area contributed by atoms with Crippen molar-refractivity contribution in [1.29, 1.82) is 0 Å². The van der Waals surface area contributed by atoms with Gasteiger partial charge in [0.05, 0.1) is 10.4 Å². The molecular formula is C17H19N3OS2. The molecule has 4 rings (SSSR count). The Balaban J connectivity index is 1.40. The standard InChI is InChI=1S/C17H19N3OS2/c1-10-3-2-4-12(7-10)22-15-9-18-17(23-15)16(21)20-14-8-11-5-6-13(14)19-11/h2-4,7,9,11,13-14,19H,5-6,8H2,1H3,(H,20,21)/t11-,13+,14-/m1/s1. The molecule has 3 atom stereocenters. The summed E-state index contributed by atoms with van der Waals surface area (Å²) in [5, 5.41) is 7.25. The average Bonchev–Trinajstić information content (AvgIpc) is 3.23. The summed E-state index contributed by atoms with van der Waals surface area (Å²) in [4.78, 5) is 17.9. The van der Waals surface area contributed by atoms with Gasteiger partial charge in [-0.2, -0.15) is 0 Å². The fraction of sp³-hybridized carbons (Fsp3) is 0.412. The number of carbonyl (C=O) groups excluding carboxylic acids is 1. The van der Waals surface area contributed by atoms with Crippen LogP contribution in [0, 0.1) is 6.92 Å². The van der Waals surface area contributed by atoms with E-state index in [1.807, 2.05) is 0 Å². The first-order valence-corrected chi connectivity index (χ1v) is 9.58. The van der Waals surface area contributed by atoms with Gasteiger partial charge >= 0.3 is 0 Å². The third-order valence-electron chi connectivity index (χ3n) is 4.50. The summed E-state index contributed by atoms with van der Waals surface area (Å²) in [6, 6.07) is 9.66. The molecule has 0 radical (unpaired) electrons. The molecule has 0 spiro atoms. The Morgan fingerprint density at radius 3 is 3.09 bits per heavy atom. The lowest BCUT2D eigenvalue weighted by atomic mass is 9.95. The van der Waals surface area contributed by atoms with Gasteiger partial charge in [0.25, 0.3) is 5.91 Å². The minimum Gasteiger partial charge on any atom is -0.346 e. The normalized spacial score (nSPS) is 25.7. The number of fused-ring (bicyclic) bond motifs is 2. The van der Waals surface area contributed by atoms with Crippen molar-refractivity contribution in [3.05, 3.63) is 41.0 Å². The van der Waals surface area contributed by atoms with Gasteiger partial charge in [-0.3, -0.25) is 4.79 Å². The highest BCUT2D eigenvalue weighted by atomic mass is 32.2. The van der Waals surface area contributed by atoms with Crippen molar-refractivity contribution < 1.29 is 4.79 Å².